The number of sulfonamides is 1. The maximum atomic E-state index is 13.2. The number of hydrogen-bond acceptors (Lipinski definition) is 6. The third-order valence-electron chi connectivity index (χ3n) is 7.53. The fraction of sp³-hybridized carbons (Fsp3) is 0.714. The fourth-order valence-electron chi connectivity index (χ4n) is 5.58. The molecule has 1 saturated heterocycles. The van der Waals surface area contributed by atoms with Crippen molar-refractivity contribution in [3.8, 4) is 5.75 Å². The van der Waals surface area contributed by atoms with Crippen LogP contribution >= 0.6 is 0 Å². The van der Waals surface area contributed by atoms with Gasteiger partial charge in [-0.25, -0.2) is 17.5 Å². The first-order chi connectivity index (χ1) is 13.5. The summed E-state index contributed by atoms with van der Waals surface area (Å²) in [7, 11) is -3.53. The van der Waals surface area contributed by atoms with Crippen LogP contribution in [-0.4, -0.2) is 43.5 Å². The number of hydrogen-bond donors (Lipinski definition) is 0. The van der Waals surface area contributed by atoms with Crippen molar-refractivity contribution in [1.82, 2.24) is 4.31 Å². The van der Waals surface area contributed by atoms with E-state index in [1.54, 1.807) is 13.0 Å². The van der Waals surface area contributed by atoms with Crippen LogP contribution in [0, 0.1) is 23.7 Å². The third-order valence-corrected chi connectivity index (χ3v) is 9.54. The standard InChI is InChI=1S/C21H29NO6S/c1-14-10-17(12-19(24)27-14)28-16-5-8-22(9-6-16)29(25,26)13-21-7-4-15(11-18(21)23)20(21,2)3/h10,12,15-16H,4-9,11,13H2,1-3H3. The average molecular weight is 424 g/mol. The number of aryl methyl sites for hydroxylation is 1. The molecule has 3 fully saturated rings. The van der Waals surface area contributed by atoms with E-state index >= 15 is 0 Å². The highest BCUT2D eigenvalue weighted by molar-refractivity contribution is 7.89. The minimum absolute atomic E-state index is 0.0766. The second-order valence-electron chi connectivity index (χ2n) is 9.36. The third kappa shape index (κ3) is 3.44. The first kappa shape index (κ1) is 20.6. The molecule has 2 atom stereocenters. The summed E-state index contributed by atoms with van der Waals surface area (Å²) >= 11 is 0. The molecule has 0 amide bonds. The van der Waals surface area contributed by atoms with Gasteiger partial charge in [-0.1, -0.05) is 13.8 Å². The molecule has 29 heavy (non-hydrogen) atoms. The largest absolute Gasteiger partial charge is 0.490 e. The Labute approximate surface area is 171 Å². The quantitative estimate of drug-likeness (QED) is 0.722. The zero-order valence-electron chi connectivity index (χ0n) is 17.3. The lowest BCUT2D eigenvalue weighted by Gasteiger charge is -2.39. The average Bonchev–Trinajstić information content (AvgIpc) is 2.95. The van der Waals surface area contributed by atoms with Crippen LogP contribution in [0.4, 0.5) is 0 Å². The molecule has 0 N–H and O–H groups in total. The summed E-state index contributed by atoms with van der Waals surface area (Å²) in [5.41, 5.74) is -1.46. The summed E-state index contributed by atoms with van der Waals surface area (Å²) < 4.78 is 38.7. The first-order valence-corrected chi connectivity index (χ1v) is 11.9. The Morgan fingerprint density at radius 2 is 1.86 bits per heavy atom. The van der Waals surface area contributed by atoms with Gasteiger partial charge in [0, 0.05) is 31.0 Å². The van der Waals surface area contributed by atoms with Crippen LogP contribution in [0.25, 0.3) is 0 Å². The van der Waals surface area contributed by atoms with Gasteiger partial charge in [-0.2, -0.15) is 0 Å². The van der Waals surface area contributed by atoms with Gasteiger partial charge in [-0.05, 0) is 43.9 Å². The number of carbonyl (C=O) groups is 1. The first-order valence-electron chi connectivity index (χ1n) is 10.3. The van der Waals surface area contributed by atoms with Crippen LogP contribution in [0.2, 0.25) is 0 Å². The fourth-order valence-corrected chi connectivity index (χ4v) is 7.83. The molecule has 2 saturated carbocycles. The molecule has 4 rings (SSSR count). The van der Waals surface area contributed by atoms with Crippen LogP contribution in [0.15, 0.2) is 21.3 Å². The molecule has 160 valence electrons. The highest BCUT2D eigenvalue weighted by Gasteiger charge is 2.65. The van der Waals surface area contributed by atoms with Crippen LogP contribution in [0.5, 0.6) is 5.75 Å². The Bertz CT molecular complexity index is 973. The van der Waals surface area contributed by atoms with Gasteiger partial charge in [0.05, 0.1) is 11.8 Å². The molecule has 0 aromatic carbocycles. The zero-order chi connectivity index (χ0) is 21.0. The van der Waals surface area contributed by atoms with Crippen molar-refractivity contribution < 1.29 is 22.4 Å². The topological polar surface area (TPSA) is 93.9 Å². The number of Topliss-reactive ketones (excluding diaryl/α,β-unsaturated/α-hetero) is 1. The number of fused-ring (bicyclic) bond motifs is 2. The van der Waals surface area contributed by atoms with Crippen molar-refractivity contribution in [1.29, 1.82) is 0 Å². The Morgan fingerprint density at radius 3 is 2.41 bits per heavy atom. The Hall–Kier alpha value is -1.67. The highest BCUT2D eigenvalue weighted by Crippen LogP contribution is 2.64. The van der Waals surface area contributed by atoms with Gasteiger partial charge < -0.3 is 9.15 Å². The summed E-state index contributed by atoms with van der Waals surface area (Å²) in [5, 5.41) is 0. The lowest BCUT2D eigenvalue weighted by atomic mass is 9.70. The zero-order valence-corrected chi connectivity index (χ0v) is 18.1. The maximum Gasteiger partial charge on any atom is 0.339 e. The van der Waals surface area contributed by atoms with Gasteiger partial charge in [0.25, 0.3) is 0 Å². The Morgan fingerprint density at radius 1 is 1.17 bits per heavy atom. The van der Waals surface area contributed by atoms with Crippen LogP contribution in [-0.2, 0) is 14.8 Å². The number of rotatable bonds is 5. The predicted octanol–water partition coefficient (Wildman–Crippen LogP) is 2.52. The molecule has 7 nitrogen and oxygen atoms in total. The number of ketones is 1. The number of nitrogens with zero attached hydrogens (tertiary/aromatic N) is 1. The van der Waals surface area contributed by atoms with E-state index in [9.17, 15) is 18.0 Å². The molecule has 8 heteroatoms. The summed E-state index contributed by atoms with van der Waals surface area (Å²) in [5.74, 6) is 1.28. The van der Waals surface area contributed by atoms with Gasteiger partial charge in [-0.3, -0.25) is 4.79 Å². The Kier molecular flexibility index (Phi) is 4.93. The molecular weight excluding hydrogens is 394 g/mol. The molecule has 2 unspecified atom stereocenters. The van der Waals surface area contributed by atoms with E-state index in [1.807, 2.05) is 0 Å². The van der Waals surface area contributed by atoms with Crippen molar-refractivity contribution in [3.05, 3.63) is 28.3 Å². The van der Waals surface area contributed by atoms with E-state index in [0.717, 1.165) is 6.42 Å². The highest BCUT2D eigenvalue weighted by atomic mass is 32.2. The van der Waals surface area contributed by atoms with Crippen molar-refractivity contribution in [2.45, 2.75) is 59.0 Å². The van der Waals surface area contributed by atoms with Gasteiger partial charge in [0.1, 0.15) is 23.4 Å². The summed E-state index contributed by atoms with van der Waals surface area (Å²) in [6.07, 6.45) is 3.08. The minimum atomic E-state index is -3.53. The van der Waals surface area contributed by atoms with Gasteiger partial charge in [-0.15, -0.1) is 0 Å². The molecule has 1 aromatic heterocycles. The van der Waals surface area contributed by atoms with Crippen molar-refractivity contribution in [2.75, 3.05) is 18.8 Å². The number of piperidine rings is 1. The molecule has 0 spiro atoms. The summed E-state index contributed by atoms with van der Waals surface area (Å²) in [4.78, 5) is 24.2. The van der Waals surface area contributed by atoms with E-state index in [-0.39, 0.29) is 23.1 Å². The lowest BCUT2D eigenvalue weighted by molar-refractivity contribution is -0.128. The molecule has 3 aliphatic rings. The predicted molar refractivity (Wildman–Crippen MR) is 107 cm³/mol. The maximum absolute atomic E-state index is 13.2. The van der Waals surface area contributed by atoms with Crippen LogP contribution in [0.1, 0.15) is 51.7 Å². The van der Waals surface area contributed by atoms with E-state index in [4.69, 9.17) is 9.15 Å². The van der Waals surface area contributed by atoms with Crippen molar-refractivity contribution in [3.63, 3.8) is 0 Å². The molecule has 0 radical (unpaired) electrons. The monoisotopic (exact) mass is 423 g/mol. The number of ether oxygens (including phenoxy) is 1. The Balaban J connectivity index is 1.41. The molecule has 2 bridgehead atoms. The van der Waals surface area contributed by atoms with Gasteiger partial charge in [0.15, 0.2) is 0 Å². The van der Waals surface area contributed by atoms with Crippen molar-refractivity contribution >= 4 is 15.8 Å². The lowest BCUT2D eigenvalue weighted by Crippen LogP contribution is -2.49. The molecule has 1 aliphatic heterocycles. The second-order valence-corrected chi connectivity index (χ2v) is 11.3. The molecule has 2 heterocycles. The van der Waals surface area contributed by atoms with Gasteiger partial charge in [0.2, 0.25) is 10.0 Å². The van der Waals surface area contributed by atoms with E-state index in [0.29, 0.717) is 56.2 Å². The SMILES string of the molecule is Cc1cc(OC2CCN(S(=O)(=O)CC34CCC(CC3=O)C4(C)C)CC2)cc(=O)o1. The molecule has 2 aliphatic carbocycles. The summed E-state index contributed by atoms with van der Waals surface area (Å²) in [6.45, 7) is 6.53. The minimum Gasteiger partial charge on any atom is -0.490 e. The molecular formula is C21H29NO6S. The number of carbonyl (C=O) groups excluding carboxylic acids is 1. The normalized spacial score (nSPS) is 30.0. The van der Waals surface area contributed by atoms with Crippen LogP contribution in [0.3, 0.4) is 0 Å². The smallest absolute Gasteiger partial charge is 0.339 e. The van der Waals surface area contributed by atoms with Gasteiger partial charge >= 0.3 is 5.63 Å². The summed E-state index contributed by atoms with van der Waals surface area (Å²) in [6, 6.07) is 2.97. The van der Waals surface area contributed by atoms with Crippen LogP contribution < -0.4 is 10.4 Å². The second kappa shape index (κ2) is 6.94. The van der Waals surface area contributed by atoms with E-state index < -0.39 is 21.1 Å². The van der Waals surface area contributed by atoms with E-state index in [2.05, 4.69) is 13.8 Å². The molecule has 1 aromatic rings. The van der Waals surface area contributed by atoms with Crippen molar-refractivity contribution in [2.24, 2.45) is 16.7 Å². The van der Waals surface area contributed by atoms with E-state index in [1.165, 1.54) is 10.4 Å².